The summed E-state index contributed by atoms with van der Waals surface area (Å²) in [4.78, 5) is 49.4. The number of aliphatic carboxylic acids is 1. The number of carboxylic acids is 1. The van der Waals surface area contributed by atoms with Gasteiger partial charge in [-0.25, -0.2) is 4.79 Å². The SMILES string of the molecule is CC(=O)OCC1=C(C(=O)O)N2C(=O)C(NC(=O)c3c(C)cc(C)cc3C)[C@H]2SC1. The molecule has 1 aromatic carbocycles. The lowest BCUT2D eigenvalue weighted by atomic mass is 9.97. The summed E-state index contributed by atoms with van der Waals surface area (Å²) in [5.41, 5.74) is 3.38. The number of aryl methyl sites for hydroxylation is 3. The van der Waals surface area contributed by atoms with E-state index in [-0.39, 0.29) is 24.0 Å². The molecule has 0 bridgehead atoms. The molecule has 29 heavy (non-hydrogen) atoms. The normalized spacial score (nSPS) is 20.7. The smallest absolute Gasteiger partial charge is 0.352 e. The second-order valence-corrected chi connectivity index (χ2v) is 8.28. The molecule has 1 fully saturated rings. The number of nitrogens with zero attached hydrogens (tertiary/aromatic N) is 1. The van der Waals surface area contributed by atoms with E-state index in [1.54, 1.807) is 0 Å². The Morgan fingerprint density at radius 1 is 1.24 bits per heavy atom. The molecule has 3 rings (SSSR count). The summed E-state index contributed by atoms with van der Waals surface area (Å²) in [7, 11) is 0. The van der Waals surface area contributed by atoms with E-state index in [1.807, 2.05) is 32.9 Å². The number of carboxylic acid groups (broad SMARTS) is 1. The van der Waals surface area contributed by atoms with Crippen LogP contribution in [0.3, 0.4) is 0 Å². The lowest BCUT2D eigenvalue weighted by Crippen LogP contribution is -2.70. The first-order valence-electron chi connectivity index (χ1n) is 9.04. The molecule has 0 aromatic heterocycles. The number of hydrogen-bond donors (Lipinski definition) is 2. The number of nitrogens with one attached hydrogen (secondary N) is 1. The molecular weight excluding hydrogens is 396 g/mol. The first kappa shape index (κ1) is 20.9. The van der Waals surface area contributed by atoms with Crippen molar-refractivity contribution in [3.05, 3.63) is 45.7 Å². The van der Waals surface area contributed by atoms with Gasteiger partial charge in [0.15, 0.2) is 0 Å². The Morgan fingerprint density at radius 3 is 2.41 bits per heavy atom. The van der Waals surface area contributed by atoms with Crippen molar-refractivity contribution in [1.29, 1.82) is 0 Å². The number of thioether (sulfide) groups is 1. The van der Waals surface area contributed by atoms with Crippen molar-refractivity contribution < 1.29 is 29.0 Å². The quantitative estimate of drug-likeness (QED) is 0.551. The maximum atomic E-state index is 12.8. The first-order valence-corrected chi connectivity index (χ1v) is 10.1. The number of fused-ring (bicyclic) bond motifs is 1. The highest BCUT2D eigenvalue weighted by Crippen LogP contribution is 2.40. The van der Waals surface area contributed by atoms with E-state index in [4.69, 9.17) is 4.74 Å². The third-order valence-electron chi connectivity index (χ3n) is 4.89. The van der Waals surface area contributed by atoms with E-state index in [0.29, 0.717) is 11.1 Å². The number of esters is 1. The minimum absolute atomic E-state index is 0.173. The van der Waals surface area contributed by atoms with Gasteiger partial charge in [-0.15, -0.1) is 11.8 Å². The number of β-lactam (4-membered cyclic amide) rings is 1. The summed E-state index contributed by atoms with van der Waals surface area (Å²) in [6.45, 7) is 6.67. The average Bonchev–Trinajstić information content (AvgIpc) is 2.62. The van der Waals surface area contributed by atoms with Crippen LogP contribution in [-0.4, -0.2) is 57.5 Å². The van der Waals surface area contributed by atoms with Gasteiger partial charge in [0.2, 0.25) is 0 Å². The average molecular weight is 418 g/mol. The largest absolute Gasteiger partial charge is 0.477 e. The number of carbonyl (C=O) groups is 4. The molecule has 8 nitrogen and oxygen atoms in total. The Hall–Kier alpha value is -2.81. The highest BCUT2D eigenvalue weighted by Gasteiger charge is 2.54. The van der Waals surface area contributed by atoms with Gasteiger partial charge in [-0.1, -0.05) is 17.7 Å². The zero-order chi connectivity index (χ0) is 21.5. The zero-order valence-electron chi connectivity index (χ0n) is 16.6. The van der Waals surface area contributed by atoms with Crippen molar-refractivity contribution in [2.75, 3.05) is 12.4 Å². The number of ether oxygens (including phenoxy) is 1. The van der Waals surface area contributed by atoms with Crippen LogP contribution in [0.25, 0.3) is 0 Å². The second kappa shape index (κ2) is 7.90. The van der Waals surface area contributed by atoms with E-state index in [2.05, 4.69) is 5.32 Å². The standard InChI is InChI=1S/C20H22N2O6S/c1-9-5-10(2)14(11(3)6-9)17(24)21-15-18(25)22-16(20(26)27)13(7-28-12(4)23)8-29-19(15)22/h5-6,15,19H,7-8H2,1-4H3,(H,21,24)(H,26,27)/t15?,19-/m1/s1. The molecule has 9 heteroatoms. The van der Waals surface area contributed by atoms with Crippen LogP contribution in [0, 0.1) is 20.8 Å². The molecule has 154 valence electrons. The van der Waals surface area contributed by atoms with Crippen LogP contribution in [0.4, 0.5) is 0 Å². The van der Waals surface area contributed by atoms with Gasteiger partial charge in [0, 0.05) is 23.8 Å². The van der Waals surface area contributed by atoms with Crippen molar-refractivity contribution in [3.63, 3.8) is 0 Å². The molecule has 2 heterocycles. The van der Waals surface area contributed by atoms with Crippen LogP contribution < -0.4 is 5.32 Å². The number of rotatable bonds is 5. The number of amides is 2. The summed E-state index contributed by atoms with van der Waals surface area (Å²) in [5, 5.41) is 11.8. The predicted octanol–water partition coefficient (Wildman–Crippen LogP) is 1.53. The molecular formula is C20H22N2O6S. The van der Waals surface area contributed by atoms with Gasteiger partial charge in [-0.2, -0.15) is 0 Å². The highest BCUT2D eigenvalue weighted by atomic mass is 32.2. The van der Waals surface area contributed by atoms with Gasteiger partial charge in [0.05, 0.1) is 0 Å². The molecule has 0 spiro atoms. The summed E-state index contributed by atoms with van der Waals surface area (Å²) >= 11 is 1.33. The fraction of sp³-hybridized carbons (Fsp3) is 0.400. The van der Waals surface area contributed by atoms with E-state index in [1.165, 1.54) is 18.7 Å². The van der Waals surface area contributed by atoms with Gasteiger partial charge in [0.25, 0.3) is 11.8 Å². The summed E-state index contributed by atoms with van der Waals surface area (Å²) in [6, 6.07) is 2.99. The Balaban J connectivity index is 1.80. The minimum Gasteiger partial charge on any atom is -0.477 e. The number of benzene rings is 1. The summed E-state index contributed by atoms with van der Waals surface area (Å²) in [5.74, 6) is -2.35. The topological polar surface area (TPSA) is 113 Å². The van der Waals surface area contributed by atoms with Gasteiger partial charge < -0.3 is 15.2 Å². The fourth-order valence-corrected chi connectivity index (χ4v) is 5.06. The predicted molar refractivity (Wildman–Crippen MR) is 106 cm³/mol. The Morgan fingerprint density at radius 2 is 1.86 bits per heavy atom. The third-order valence-corrected chi connectivity index (χ3v) is 6.23. The van der Waals surface area contributed by atoms with Crippen LogP contribution in [0.5, 0.6) is 0 Å². The van der Waals surface area contributed by atoms with E-state index in [9.17, 15) is 24.3 Å². The van der Waals surface area contributed by atoms with Crippen LogP contribution in [0.15, 0.2) is 23.4 Å². The second-order valence-electron chi connectivity index (χ2n) is 7.17. The Bertz CT molecular complexity index is 931. The monoisotopic (exact) mass is 418 g/mol. The number of hydrogen-bond acceptors (Lipinski definition) is 6. The van der Waals surface area contributed by atoms with Crippen LogP contribution >= 0.6 is 11.8 Å². The third kappa shape index (κ3) is 3.87. The molecule has 1 saturated heterocycles. The zero-order valence-corrected chi connectivity index (χ0v) is 17.4. The lowest BCUT2D eigenvalue weighted by molar-refractivity contribution is -0.149. The molecule has 2 aliphatic heterocycles. The first-order chi connectivity index (χ1) is 13.6. The lowest BCUT2D eigenvalue weighted by Gasteiger charge is -2.49. The summed E-state index contributed by atoms with van der Waals surface area (Å²) in [6.07, 6.45) is 0. The molecule has 2 amide bonds. The fourth-order valence-electron chi connectivity index (χ4n) is 3.73. The van der Waals surface area contributed by atoms with E-state index >= 15 is 0 Å². The van der Waals surface area contributed by atoms with Crippen molar-refractivity contribution in [2.24, 2.45) is 0 Å². The van der Waals surface area contributed by atoms with Crippen molar-refractivity contribution in [1.82, 2.24) is 10.2 Å². The van der Waals surface area contributed by atoms with E-state index in [0.717, 1.165) is 21.6 Å². The van der Waals surface area contributed by atoms with Crippen LogP contribution in [-0.2, 0) is 19.1 Å². The maximum absolute atomic E-state index is 12.8. The molecule has 0 saturated carbocycles. The van der Waals surface area contributed by atoms with Crippen LogP contribution in [0.1, 0.15) is 34.0 Å². The highest BCUT2D eigenvalue weighted by molar-refractivity contribution is 8.00. The van der Waals surface area contributed by atoms with Gasteiger partial charge >= 0.3 is 11.9 Å². The molecule has 2 atom stereocenters. The molecule has 2 N–H and O–H groups in total. The minimum atomic E-state index is -1.26. The Labute approximate surface area is 172 Å². The molecule has 0 radical (unpaired) electrons. The van der Waals surface area contributed by atoms with Gasteiger partial charge in [-0.05, 0) is 31.9 Å². The number of carbonyl (C=O) groups excluding carboxylic acids is 3. The molecule has 1 aromatic rings. The molecule has 2 aliphatic rings. The van der Waals surface area contributed by atoms with Crippen LogP contribution in [0.2, 0.25) is 0 Å². The van der Waals surface area contributed by atoms with E-state index < -0.39 is 29.3 Å². The summed E-state index contributed by atoms with van der Waals surface area (Å²) < 4.78 is 4.91. The molecule has 1 unspecified atom stereocenters. The van der Waals surface area contributed by atoms with Crippen molar-refractivity contribution in [2.45, 2.75) is 39.1 Å². The Kier molecular flexibility index (Phi) is 5.70. The van der Waals surface area contributed by atoms with Gasteiger partial charge in [-0.3, -0.25) is 19.3 Å². The van der Waals surface area contributed by atoms with Crippen molar-refractivity contribution >= 4 is 35.5 Å². The maximum Gasteiger partial charge on any atom is 0.352 e. The molecule has 0 aliphatic carbocycles. The van der Waals surface area contributed by atoms with Gasteiger partial charge in [0.1, 0.15) is 23.7 Å². The van der Waals surface area contributed by atoms with Crippen molar-refractivity contribution in [3.8, 4) is 0 Å².